The Labute approximate surface area is 161 Å². The fourth-order valence-corrected chi connectivity index (χ4v) is 2.78. The molecule has 2 aromatic rings. The standard InChI is InChI=1S/C18H18Cl2N2O4/c1-11(23)13-7-16(22(2)9-13)18(25)26-10-17(24)21-6-5-12-3-4-14(19)8-15(12)20/h3-4,7-9H,5-6,10H2,1-2H3,(H,21,24). The van der Waals surface area contributed by atoms with E-state index in [1.807, 2.05) is 0 Å². The number of aryl methyl sites for hydroxylation is 1. The molecular formula is C18H18Cl2N2O4. The van der Waals surface area contributed by atoms with E-state index in [2.05, 4.69) is 5.32 Å². The Kier molecular flexibility index (Phi) is 6.83. The minimum absolute atomic E-state index is 0.154. The number of ketones is 1. The number of hydrogen-bond acceptors (Lipinski definition) is 4. The average Bonchev–Trinajstić information content (AvgIpc) is 2.97. The van der Waals surface area contributed by atoms with E-state index in [4.69, 9.17) is 27.9 Å². The van der Waals surface area contributed by atoms with Gasteiger partial charge in [0.05, 0.1) is 0 Å². The van der Waals surface area contributed by atoms with Crippen LogP contribution in [-0.2, 0) is 23.0 Å². The first-order valence-electron chi connectivity index (χ1n) is 7.83. The predicted molar refractivity (Wildman–Crippen MR) is 98.9 cm³/mol. The lowest BCUT2D eigenvalue weighted by molar-refractivity contribution is -0.124. The van der Waals surface area contributed by atoms with Crippen LogP contribution in [0.15, 0.2) is 30.5 Å². The molecule has 1 N–H and O–H groups in total. The number of Topliss-reactive ketones (excluding diaryl/α,β-unsaturated/α-hetero) is 1. The molecule has 0 spiro atoms. The van der Waals surface area contributed by atoms with Crippen LogP contribution in [0.4, 0.5) is 0 Å². The third-order valence-corrected chi connectivity index (χ3v) is 4.27. The summed E-state index contributed by atoms with van der Waals surface area (Å²) in [6, 6.07) is 6.59. The van der Waals surface area contributed by atoms with Crippen LogP contribution >= 0.6 is 23.2 Å². The minimum Gasteiger partial charge on any atom is -0.451 e. The number of aromatic nitrogens is 1. The van der Waals surface area contributed by atoms with Gasteiger partial charge in [0.1, 0.15) is 5.69 Å². The molecular weight excluding hydrogens is 379 g/mol. The van der Waals surface area contributed by atoms with E-state index in [1.54, 1.807) is 25.2 Å². The largest absolute Gasteiger partial charge is 0.451 e. The quantitative estimate of drug-likeness (QED) is 0.576. The molecule has 0 saturated carbocycles. The van der Waals surface area contributed by atoms with Crippen molar-refractivity contribution in [3.63, 3.8) is 0 Å². The molecule has 0 fully saturated rings. The SMILES string of the molecule is CC(=O)c1cc(C(=O)OCC(=O)NCCc2ccc(Cl)cc2Cl)n(C)c1. The van der Waals surface area contributed by atoms with Crippen molar-refractivity contribution in [1.29, 1.82) is 0 Å². The number of halogens is 2. The van der Waals surface area contributed by atoms with Crippen LogP contribution in [0.1, 0.15) is 33.3 Å². The maximum Gasteiger partial charge on any atom is 0.355 e. The summed E-state index contributed by atoms with van der Waals surface area (Å²) in [6.07, 6.45) is 2.06. The Morgan fingerprint density at radius 3 is 2.54 bits per heavy atom. The van der Waals surface area contributed by atoms with Crippen molar-refractivity contribution in [3.05, 3.63) is 57.3 Å². The van der Waals surface area contributed by atoms with E-state index in [9.17, 15) is 14.4 Å². The summed E-state index contributed by atoms with van der Waals surface area (Å²) in [5, 5.41) is 3.72. The van der Waals surface area contributed by atoms with Gasteiger partial charge in [-0.1, -0.05) is 29.3 Å². The predicted octanol–water partition coefficient (Wildman–Crippen LogP) is 3.05. The highest BCUT2D eigenvalue weighted by molar-refractivity contribution is 6.35. The van der Waals surface area contributed by atoms with Crippen LogP contribution in [0.2, 0.25) is 10.0 Å². The molecule has 0 radical (unpaired) electrons. The first kappa shape index (κ1) is 20.0. The highest BCUT2D eigenvalue weighted by Crippen LogP contribution is 2.21. The van der Waals surface area contributed by atoms with Crippen molar-refractivity contribution in [2.24, 2.45) is 7.05 Å². The molecule has 0 aliphatic carbocycles. The molecule has 0 saturated heterocycles. The normalized spacial score (nSPS) is 10.5. The van der Waals surface area contributed by atoms with Gasteiger partial charge in [0.15, 0.2) is 12.4 Å². The second-order valence-corrected chi connectivity index (χ2v) is 6.54. The fraction of sp³-hybridized carbons (Fsp3) is 0.278. The van der Waals surface area contributed by atoms with Crippen molar-refractivity contribution in [2.45, 2.75) is 13.3 Å². The molecule has 1 aromatic carbocycles. The lowest BCUT2D eigenvalue weighted by Gasteiger charge is -2.08. The van der Waals surface area contributed by atoms with Crippen molar-refractivity contribution < 1.29 is 19.1 Å². The molecule has 1 heterocycles. The molecule has 2 rings (SSSR count). The maximum atomic E-state index is 12.0. The molecule has 1 amide bonds. The van der Waals surface area contributed by atoms with Crippen molar-refractivity contribution in [2.75, 3.05) is 13.2 Å². The smallest absolute Gasteiger partial charge is 0.355 e. The van der Waals surface area contributed by atoms with Crippen LogP contribution in [0, 0.1) is 0 Å². The number of benzene rings is 1. The molecule has 0 aliphatic rings. The molecule has 6 nitrogen and oxygen atoms in total. The third-order valence-electron chi connectivity index (χ3n) is 3.69. The lowest BCUT2D eigenvalue weighted by atomic mass is 10.1. The van der Waals surface area contributed by atoms with Crippen LogP contribution in [-0.4, -0.2) is 35.4 Å². The third kappa shape index (κ3) is 5.34. The van der Waals surface area contributed by atoms with Gasteiger partial charge < -0.3 is 14.6 Å². The van der Waals surface area contributed by atoms with Gasteiger partial charge in [-0.25, -0.2) is 4.79 Å². The Bertz CT molecular complexity index is 846. The summed E-state index contributed by atoms with van der Waals surface area (Å²) in [4.78, 5) is 35.1. The zero-order chi connectivity index (χ0) is 19.3. The van der Waals surface area contributed by atoms with Gasteiger partial charge in [-0.3, -0.25) is 9.59 Å². The first-order valence-corrected chi connectivity index (χ1v) is 8.58. The number of nitrogens with zero attached hydrogens (tertiary/aromatic N) is 1. The Hall–Kier alpha value is -2.31. The van der Waals surface area contributed by atoms with E-state index >= 15 is 0 Å². The summed E-state index contributed by atoms with van der Waals surface area (Å²) in [5.74, 6) is -1.25. The van der Waals surface area contributed by atoms with Gasteiger partial charge in [-0.05, 0) is 37.1 Å². The van der Waals surface area contributed by atoms with Gasteiger partial charge in [-0.15, -0.1) is 0 Å². The van der Waals surface area contributed by atoms with Gasteiger partial charge >= 0.3 is 5.97 Å². The Balaban J connectivity index is 1.79. The van der Waals surface area contributed by atoms with Crippen LogP contribution in [0.5, 0.6) is 0 Å². The molecule has 0 atom stereocenters. The van der Waals surface area contributed by atoms with Gasteiger partial charge in [0, 0.05) is 35.4 Å². The van der Waals surface area contributed by atoms with Crippen LogP contribution < -0.4 is 5.32 Å². The highest BCUT2D eigenvalue weighted by Gasteiger charge is 2.16. The lowest BCUT2D eigenvalue weighted by Crippen LogP contribution is -2.30. The second kappa shape index (κ2) is 8.87. The second-order valence-electron chi connectivity index (χ2n) is 5.69. The number of ether oxygens (including phenoxy) is 1. The summed E-state index contributed by atoms with van der Waals surface area (Å²) in [7, 11) is 1.62. The van der Waals surface area contributed by atoms with Crippen molar-refractivity contribution >= 4 is 40.9 Å². The van der Waals surface area contributed by atoms with E-state index in [0.29, 0.717) is 28.6 Å². The average molecular weight is 397 g/mol. The van der Waals surface area contributed by atoms with Crippen LogP contribution in [0.25, 0.3) is 0 Å². The minimum atomic E-state index is -0.670. The summed E-state index contributed by atoms with van der Waals surface area (Å²) in [5.41, 5.74) is 1.47. The molecule has 0 aliphatic heterocycles. The van der Waals surface area contributed by atoms with E-state index in [-0.39, 0.29) is 11.5 Å². The molecule has 0 bridgehead atoms. The summed E-state index contributed by atoms with van der Waals surface area (Å²) < 4.78 is 6.46. The number of nitrogens with one attached hydrogen (secondary N) is 1. The number of hydrogen-bond donors (Lipinski definition) is 1. The molecule has 1 aromatic heterocycles. The number of carbonyl (C=O) groups is 3. The van der Waals surface area contributed by atoms with Crippen LogP contribution in [0.3, 0.4) is 0 Å². The molecule has 138 valence electrons. The van der Waals surface area contributed by atoms with Gasteiger partial charge in [0.2, 0.25) is 0 Å². The summed E-state index contributed by atoms with van der Waals surface area (Å²) in [6.45, 7) is 1.34. The molecule has 26 heavy (non-hydrogen) atoms. The van der Waals surface area contributed by atoms with Gasteiger partial charge in [-0.2, -0.15) is 0 Å². The van der Waals surface area contributed by atoms with E-state index in [0.717, 1.165) is 5.56 Å². The van der Waals surface area contributed by atoms with E-state index in [1.165, 1.54) is 23.8 Å². The Morgan fingerprint density at radius 2 is 1.92 bits per heavy atom. The monoisotopic (exact) mass is 396 g/mol. The molecule has 8 heteroatoms. The zero-order valence-corrected chi connectivity index (χ0v) is 15.9. The summed E-state index contributed by atoms with van der Waals surface area (Å²) >= 11 is 11.9. The zero-order valence-electron chi connectivity index (χ0n) is 14.3. The van der Waals surface area contributed by atoms with E-state index < -0.39 is 18.5 Å². The number of rotatable bonds is 7. The number of amides is 1. The van der Waals surface area contributed by atoms with Crippen molar-refractivity contribution in [3.8, 4) is 0 Å². The molecule has 0 unspecified atom stereocenters. The number of esters is 1. The Morgan fingerprint density at radius 1 is 1.19 bits per heavy atom. The van der Waals surface area contributed by atoms with Gasteiger partial charge in [0.25, 0.3) is 5.91 Å². The number of carbonyl (C=O) groups excluding carboxylic acids is 3. The highest BCUT2D eigenvalue weighted by atomic mass is 35.5. The topological polar surface area (TPSA) is 77.4 Å². The first-order chi connectivity index (χ1) is 12.3. The fourth-order valence-electron chi connectivity index (χ4n) is 2.28. The van der Waals surface area contributed by atoms with Crippen molar-refractivity contribution in [1.82, 2.24) is 9.88 Å². The maximum absolute atomic E-state index is 12.0.